The highest BCUT2D eigenvalue weighted by Crippen LogP contribution is 2.39. The van der Waals surface area contributed by atoms with E-state index in [2.05, 4.69) is 26.0 Å². The van der Waals surface area contributed by atoms with Crippen molar-refractivity contribution in [1.82, 2.24) is 14.6 Å². The van der Waals surface area contributed by atoms with Gasteiger partial charge in [0, 0.05) is 19.5 Å². The Bertz CT molecular complexity index is 1110. The third-order valence-electron chi connectivity index (χ3n) is 5.16. The van der Waals surface area contributed by atoms with Crippen molar-refractivity contribution in [3.8, 4) is 11.5 Å². The minimum atomic E-state index is -0.368. The average Bonchev–Trinajstić information content (AvgIpc) is 3.29. The van der Waals surface area contributed by atoms with Crippen molar-refractivity contribution in [3.05, 3.63) is 30.5 Å². The molecule has 0 radical (unpaired) electrons. The predicted octanol–water partition coefficient (Wildman–Crippen LogP) is 2.00. The zero-order valence-electron chi connectivity index (χ0n) is 16.4. The number of amides is 1. The van der Waals surface area contributed by atoms with Crippen LogP contribution < -0.4 is 25.4 Å². The third-order valence-corrected chi connectivity index (χ3v) is 5.16. The Morgan fingerprint density at radius 3 is 2.93 bits per heavy atom. The van der Waals surface area contributed by atoms with E-state index in [4.69, 9.17) is 9.47 Å². The van der Waals surface area contributed by atoms with Gasteiger partial charge in [-0.2, -0.15) is 9.61 Å². The monoisotopic (exact) mass is 410 g/mol. The Hall–Kier alpha value is -3.53. The van der Waals surface area contributed by atoms with E-state index in [9.17, 15) is 9.90 Å². The summed E-state index contributed by atoms with van der Waals surface area (Å²) < 4.78 is 13.0. The third kappa shape index (κ3) is 3.45. The molecule has 10 nitrogen and oxygen atoms in total. The maximum atomic E-state index is 12.3. The van der Waals surface area contributed by atoms with Gasteiger partial charge in [0.2, 0.25) is 5.91 Å². The summed E-state index contributed by atoms with van der Waals surface area (Å²) >= 11 is 0. The van der Waals surface area contributed by atoms with Crippen LogP contribution in [0, 0.1) is 5.92 Å². The van der Waals surface area contributed by atoms with E-state index in [1.54, 1.807) is 17.8 Å². The number of fused-ring (bicyclic) bond motifs is 2. The van der Waals surface area contributed by atoms with Crippen LogP contribution in [-0.2, 0) is 4.79 Å². The van der Waals surface area contributed by atoms with Gasteiger partial charge in [0.1, 0.15) is 30.5 Å². The molecule has 0 saturated heterocycles. The molecule has 2 atom stereocenters. The van der Waals surface area contributed by atoms with Gasteiger partial charge in [0.25, 0.3) is 0 Å². The Kier molecular flexibility index (Phi) is 4.55. The molecule has 0 bridgehead atoms. The number of anilines is 4. The van der Waals surface area contributed by atoms with E-state index >= 15 is 0 Å². The van der Waals surface area contributed by atoms with E-state index < -0.39 is 0 Å². The van der Waals surface area contributed by atoms with Gasteiger partial charge in [0.15, 0.2) is 17.1 Å². The summed E-state index contributed by atoms with van der Waals surface area (Å²) in [5.41, 5.74) is 1.74. The second-order valence-electron chi connectivity index (χ2n) is 7.34. The normalized spacial score (nSPS) is 19.4. The van der Waals surface area contributed by atoms with Gasteiger partial charge in [-0.05, 0) is 24.5 Å². The van der Waals surface area contributed by atoms with Crippen LogP contribution in [0.15, 0.2) is 30.5 Å². The first-order valence-corrected chi connectivity index (χ1v) is 9.82. The first-order valence-electron chi connectivity index (χ1n) is 9.82. The lowest BCUT2D eigenvalue weighted by Crippen LogP contribution is -2.16. The van der Waals surface area contributed by atoms with E-state index in [-0.39, 0.29) is 24.3 Å². The Balaban J connectivity index is 1.45. The summed E-state index contributed by atoms with van der Waals surface area (Å²) in [6.07, 6.45) is 2.15. The van der Waals surface area contributed by atoms with Gasteiger partial charge < -0.3 is 30.5 Å². The lowest BCUT2D eigenvalue weighted by molar-refractivity contribution is -0.116. The molecule has 5 rings (SSSR count). The largest absolute Gasteiger partial charge is 0.486 e. The molecule has 1 saturated carbocycles. The number of ether oxygens (including phenoxy) is 2. The second kappa shape index (κ2) is 7.38. The van der Waals surface area contributed by atoms with Gasteiger partial charge in [-0.1, -0.05) is 6.07 Å². The Morgan fingerprint density at radius 2 is 2.13 bits per heavy atom. The van der Waals surface area contributed by atoms with E-state index in [0.717, 1.165) is 5.69 Å². The fourth-order valence-corrected chi connectivity index (χ4v) is 3.49. The van der Waals surface area contributed by atoms with Crippen molar-refractivity contribution in [2.24, 2.45) is 5.92 Å². The summed E-state index contributed by atoms with van der Waals surface area (Å²) in [5.74, 6) is 2.45. The molecule has 10 heteroatoms. The highest BCUT2D eigenvalue weighted by Gasteiger charge is 2.36. The predicted molar refractivity (Wildman–Crippen MR) is 111 cm³/mol. The molecule has 1 aliphatic heterocycles. The van der Waals surface area contributed by atoms with E-state index in [0.29, 0.717) is 54.1 Å². The average molecular weight is 410 g/mol. The topological polar surface area (TPSA) is 122 Å². The number of carbonyl (C=O) groups is 1. The molecular formula is C20H22N6O4. The number of aliphatic hydroxyl groups excluding tert-OH is 1. The number of aliphatic hydroxyl groups is 1. The number of para-hydroxylation sites is 1. The molecule has 2 unspecified atom stereocenters. The van der Waals surface area contributed by atoms with Crippen LogP contribution in [0.3, 0.4) is 0 Å². The molecule has 2 aliphatic rings. The van der Waals surface area contributed by atoms with Gasteiger partial charge in [0.05, 0.1) is 18.0 Å². The van der Waals surface area contributed by atoms with Gasteiger partial charge in [-0.25, -0.2) is 4.98 Å². The SMILES string of the molecule is CNc1cc(Nc2cccc3c2OCCO3)nc2c(NC(=O)CC3CC3O)cnn12. The number of aromatic nitrogens is 3. The lowest BCUT2D eigenvalue weighted by atomic mass is 10.2. The van der Waals surface area contributed by atoms with Crippen molar-refractivity contribution in [2.75, 3.05) is 36.2 Å². The smallest absolute Gasteiger partial charge is 0.224 e. The Labute approximate surface area is 172 Å². The van der Waals surface area contributed by atoms with Crippen molar-refractivity contribution in [2.45, 2.75) is 18.9 Å². The summed E-state index contributed by atoms with van der Waals surface area (Å²) in [4.78, 5) is 16.9. The van der Waals surface area contributed by atoms with E-state index in [1.165, 1.54) is 0 Å². The molecule has 1 aliphatic carbocycles. The molecule has 1 fully saturated rings. The molecule has 1 amide bonds. The molecule has 30 heavy (non-hydrogen) atoms. The number of rotatable bonds is 6. The lowest BCUT2D eigenvalue weighted by Gasteiger charge is -2.21. The fraction of sp³-hybridized carbons (Fsp3) is 0.350. The zero-order chi connectivity index (χ0) is 20.7. The van der Waals surface area contributed by atoms with Crippen LogP contribution >= 0.6 is 0 Å². The number of hydrogen-bond donors (Lipinski definition) is 4. The molecule has 0 spiro atoms. The summed E-state index contributed by atoms with van der Waals surface area (Å²) in [6.45, 7) is 0.996. The maximum absolute atomic E-state index is 12.3. The molecule has 2 aromatic heterocycles. The standard InChI is InChI=1S/C20H22N6O4/c1-21-17-9-16(23-12-3-2-4-15-19(12)30-6-5-29-15)25-20-13(10-22-26(17)20)24-18(28)8-11-7-14(11)27/h2-4,9-11,14,21,27H,5-8H2,1H3,(H,23,25)(H,24,28). The molecule has 4 N–H and O–H groups in total. The van der Waals surface area contributed by atoms with Crippen molar-refractivity contribution in [1.29, 1.82) is 0 Å². The van der Waals surface area contributed by atoms with Gasteiger partial charge in [-0.15, -0.1) is 0 Å². The number of carbonyl (C=O) groups excluding carboxylic acids is 1. The number of nitrogens with zero attached hydrogens (tertiary/aromatic N) is 3. The van der Waals surface area contributed by atoms with Gasteiger partial charge in [-0.3, -0.25) is 4.79 Å². The van der Waals surface area contributed by atoms with Crippen molar-refractivity contribution in [3.63, 3.8) is 0 Å². The Morgan fingerprint density at radius 1 is 1.30 bits per heavy atom. The highest BCUT2D eigenvalue weighted by molar-refractivity contribution is 5.95. The maximum Gasteiger partial charge on any atom is 0.224 e. The molecule has 1 aromatic carbocycles. The minimum Gasteiger partial charge on any atom is -0.486 e. The van der Waals surface area contributed by atoms with Crippen LogP contribution in [0.5, 0.6) is 11.5 Å². The quantitative estimate of drug-likeness (QED) is 0.487. The molecule has 3 heterocycles. The molecular weight excluding hydrogens is 388 g/mol. The van der Waals surface area contributed by atoms with Crippen molar-refractivity contribution >= 4 is 34.6 Å². The summed E-state index contributed by atoms with van der Waals surface area (Å²) in [7, 11) is 1.79. The zero-order valence-corrected chi connectivity index (χ0v) is 16.4. The highest BCUT2D eigenvalue weighted by atomic mass is 16.6. The second-order valence-corrected chi connectivity index (χ2v) is 7.34. The van der Waals surface area contributed by atoms with Crippen LogP contribution in [-0.4, -0.2) is 52.0 Å². The van der Waals surface area contributed by atoms with Crippen LogP contribution in [0.1, 0.15) is 12.8 Å². The van der Waals surface area contributed by atoms with Gasteiger partial charge >= 0.3 is 0 Å². The van der Waals surface area contributed by atoms with Crippen LogP contribution in [0.4, 0.5) is 23.0 Å². The minimum absolute atomic E-state index is 0.0383. The summed E-state index contributed by atoms with van der Waals surface area (Å²) in [6, 6.07) is 7.44. The number of hydrogen-bond acceptors (Lipinski definition) is 8. The van der Waals surface area contributed by atoms with Crippen LogP contribution in [0.25, 0.3) is 5.65 Å². The first kappa shape index (κ1) is 18.5. The number of nitrogens with one attached hydrogen (secondary N) is 3. The van der Waals surface area contributed by atoms with Crippen LogP contribution in [0.2, 0.25) is 0 Å². The van der Waals surface area contributed by atoms with Crippen molar-refractivity contribution < 1.29 is 19.4 Å². The number of benzene rings is 1. The fourth-order valence-electron chi connectivity index (χ4n) is 3.49. The molecule has 3 aromatic rings. The summed E-state index contributed by atoms with van der Waals surface area (Å²) in [5, 5.41) is 23.0. The molecule has 156 valence electrons. The first-order chi connectivity index (χ1) is 14.6. The van der Waals surface area contributed by atoms with E-state index in [1.807, 2.05) is 24.3 Å².